The lowest BCUT2D eigenvalue weighted by molar-refractivity contribution is -0.0412. The Balaban J connectivity index is 2.30. The van der Waals surface area contributed by atoms with Crippen molar-refractivity contribution in [1.82, 2.24) is 0 Å². The quantitative estimate of drug-likeness (QED) is 0.925. The predicted octanol–water partition coefficient (Wildman–Crippen LogP) is 3.27. The summed E-state index contributed by atoms with van der Waals surface area (Å²) < 4.78 is 5.95. The van der Waals surface area contributed by atoms with E-state index in [1.54, 1.807) is 0 Å². The molecule has 0 saturated carbocycles. The topological polar surface area (TPSA) is 38.5 Å². The molecule has 1 aliphatic heterocycles. The Morgan fingerprint density at radius 1 is 1.29 bits per heavy atom. The van der Waals surface area contributed by atoms with E-state index in [2.05, 4.69) is 57.8 Å². The lowest BCUT2D eigenvalue weighted by atomic mass is 9.81. The van der Waals surface area contributed by atoms with Crippen LogP contribution >= 0.6 is 0 Å². The first kappa shape index (κ1) is 16.3. The highest BCUT2D eigenvalue weighted by atomic mass is 16.5. The number of anilines is 1. The highest BCUT2D eigenvalue weighted by Gasteiger charge is 2.40. The molecule has 1 aromatic rings. The molecule has 21 heavy (non-hydrogen) atoms. The molecular formula is C18H30N2O. The van der Waals surface area contributed by atoms with E-state index in [0.29, 0.717) is 18.6 Å². The molecule has 0 spiro atoms. The minimum Gasteiger partial charge on any atom is -0.378 e. The molecule has 118 valence electrons. The van der Waals surface area contributed by atoms with E-state index in [0.717, 1.165) is 19.4 Å². The summed E-state index contributed by atoms with van der Waals surface area (Å²) in [6.45, 7) is 10.2. The van der Waals surface area contributed by atoms with Gasteiger partial charge in [-0.3, -0.25) is 0 Å². The van der Waals surface area contributed by atoms with Gasteiger partial charge in [0.05, 0.1) is 11.6 Å². The monoisotopic (exact) mass is 290 g/mol. The maximum Gasteiger partial charge on any atom is 0.0620 e. The minimum atomic E-state index is 0.00736. The number of rotatable bonds is 4. The van der Waals surface area contributed by atoms with Crippen molar-refractivity contribution < 1.29 is 4.74 Å². The largest absolute Gasteiger partial charge is 0.378 e. The third-order valence-electron chi connectivity index (χ3n) is 4.91. The van der Waals surface area contributed by atoms with Crippen LogP contribution in [0.2, 0.25) is 0 Å². The SMILES string of the molecule is Cc1cc(C)cc(N(C)C2(CN)CCOC(C(C)C)C2)c1. The summed E-state index contributed by atoms with van der Waals surface area (Å²) in [5, 5.41) is 0. The van der Waals surface area contributed by atoms with Gasteiger partial charge in [-0.25, -0.2) is 0 Å². The number of benzene rings is 1. The maximum atomic E-state index is 6.22. The van der Waals surface area contributed by atoms with Gasteiger partial charge in [0.2, 0.25) is 0 Å². The van der Waals surface area contributed by atoms with Crippen LogP contribution in [-0.2, 0) is 4.74 Å². The Hall–Kier alpha value is -1.06. The fraction of sp³-hybridized carbons (Fsp3) is 0.667. The fourth-order valence-corrected chi connectivity index (χ4v) is 3.41. The molecule has 2 N–H and O–H groups in total. The average molecular weight is 290 g/mol. The summed E-state index contributed by atoms with van der Waals surface area (Å²) in [5.41, 5.74) is 10.1. The number of nitrogens with zero attached hydrogens (tertiary/aromatic N) is 1. The van der Waals surface area contributed by atoms with E-state index in [-0.39, 0.29) is 5.54 Å². The molecule has 0 bridgehead atoms. The molecule has 2 rings (SSSR count). The van der Waals surface area contributed by atoms with E-state index in [4.69, 9.17) is 10.5 Å². The highest BCUT2D eigenvalue weighted by molar-refractivity contribution is 5.52. The van der Waals surface area contributed by atoms with Gasteiger partial charge in [-0.2, -0.15) is 0 Å². The van der Waals surface area contributed by atoms with Crippen molar-refractivity contribution in [2.24, 2.45) is 11.7 Å². The van der Waals surface area contributed by atoms with Crippen LogP contribution in [-0.4, -0.2) is 31.8 Å². The first-order valence-electron chi connectivity index (χ1n) is 8.02. The van der Waals surface area contributed by atoms with Gasteiger partial charge < -0.3 is 15.4 Å². The van der Waals surface area contributed by atoms with Gasteiger partial charge in [0.1, 0.15) is 0 Å². The Morgan fingerprint density at radius 2 is 1.90 bits per heavy atom. The summed E-state index contributed by atoms with van der Waals surface area (Å²) in [4.78, 5) is 2.39. The molecule has 1 fully saturated rings. The van der Waals surface area contributed by atoms with Crippen LogP contribution in [0.5, 0.6) is 0 Å². The molecule has 0 radical (unpaired) electrons. The number of hydrogen-bond acceptors (Lipinski definition) is 3. The van der Waals surface area contributed by atoms with Gasteiger partial charge in [0.15, 0.2) is 0 Å². The standard InChI is InChI=1S/C18H30N2O/c1-13(2)17-11-18(12-19,6-7-21-17)20(5)16-9-14(3)8-15(4)10-16/h8-10,13,17H,6-7,11-12,19H2,1-5H3. The smallest absolute Gasteiger partial charge is 0.0620 e. The van der Waals surface area contributed by atoms with Gasteiger partial charge in [0, 0.05) is 25.9 Å². The molecule has 2 atom stereocenters. The van der Waals surface area contributed by atoms with Crippen molar-refractivity contribution in [3.8, 4) is 0 Å². The summed E-state index contributed by atoms with van der Waals surface area (Å²) in [6, 6.07) is 6.72. The van der Waals surface area contributed by atoms with Gasteiger partial charge in [-0.05, 0) is 55.9 Å². The molecule has 3 nitrogen and oxygen atoms in total. The Bertz CT molecular complexity index is 466. The molecule has 1 aromatic carbocycles. The number of aryl methyl sites for hydroxylation is 2. The van der Waals surface area contributed by atoms with Crippen LogP contribution in [0.25, 0.3) is 0 Å². The molecule has 1 saturated heterocycles. The summed E-state index contributed by atoms with van der Waals surface area (Å²) >= 11 is 0. The predicted molar refractivity (Wildman–Crippen MR) is 89.9 cm³/mol. The van der Waals surface area contributed by atoms with E-state index in [9.17, 15) is 0 Å². The van der Waals surface area contributed by atoms with Crippen molar-refractivity contribution in [3.05, 3.63) is 29.3 Å². The van der Waals surface area contributed by atoms with Gasteiger partial charge in [-0.15, -0.1) is 0 Å². The van der Waals surface area contributed by atoms with Crippen LogP contribution in [0, 0.1) is 19.8 Å². The second-order valence-corrected chi connectivity index (χ2v) is 6.94. The third-order valence-corrected chi connectivity index (χ3v) is 4.91. The zero-order valence-electron chi connectivity index (χ0n) is 14.1. The molecular weight excluding hydrogens is 260 g/mol. The molecule has 2 unspecified atom stereocenters. The molecule has 0 aliphatic carbocycles. The summed E-state index contributed by atoms with van der Waals surface area (Å²) in [6.07, 6.45) is 2.30. The Morgan fingerprint density at radius 3 is 2.43 bits per heavy atom. The van der Waals surface area contributed by atoms with Crippen molar-refractivity contribution in [3.63, 3.8) is 0 Å². The minimum absolute atomic E-state index is 0.00736. The Kier molecular flexibility index (Phi) is 4.95. The Labute approximate surface area is 129 Å². The molecule has 1 heterocycles. The number of likely N-dealkylation sites (N-methyl/N-ethyl adjacent to an activating group) is 1. The first-order valence-corrected chi connectivity index (χ1v) is 8.02. The zero-order chi connectivity index (χ0) is 15.6. The van der Waals surface area contributed by atoms with Crippen LogP contribution in [0.3, 0.4) is 0 Å². The first-order chi connectivity index (χ1) is 9.88. The number of nitrogens with two attached hydrogens (primary N) is 1. The van der Waals surface area contributed by atoms with Gasteiger partial charge >= 0.3 is 0 Å². The van der Waals surface area contributed by atoms with Crippen LogP contribution in [0.15, 0.2) is 18.2 Å². The average Bonchev–Trinajstić information content (AvgIpc) is 2.45. The van der Waals surface area contributed by atoms with Crippen LogP contribution in [0.4, 0.5) is 5.69 Å². The van der Waals surface area contributed by atoms with Crippen molar-refractivity contribution in [2.75, 3.05) is 25.1 Å². The van der Waals surface area contributed by atoms with Crippen molar-refractivity contribution in [2.45, 2.75) is 52.2 Å². The van der Waals surface area contributed by atoms with Crippen LogP contribution in [0.1, 0.15) is 37.8 Å². The van der Waals surface area contributed by atoms with Crippen molar-refractivity contribution >= 4 is 5.69 Å². The fourth-order valence-electron chi connectivity index (χ4n) is 3.41. The normalized spacial score (nSPS) is 26.1. The van der Waals surface area contributed by atoms with E-state index in [1.165, 1.54) is 16.8 Å². The van der Waals surface area contributed by atoms with Crippen LogP contribution < -0.4 is 10.6 Å². The number of hydrogen-bond donors (Lipinski definition) is 1. The second kappa shape index (κ2) is 6.37. The van der Waals surface area contributed by atoms with E-state index >= 15 is 0 Å². The van der Waals surface area contributed by atoms with Gasteiger partial charge in [0.25, 0.3) is 0 Å². The maximum absolute atomic E-state index is 6.22. The lowest BCUT2D eigenvalue weighted by Crippen LogP contribution is -2.58. The van der Waals surface area contributed by atoms with Crippen molar-refractivity contribution in [1.29, 1.82) is 0 Å². The molecule has 0 aromatic heterocycles. The highest BCUT2D eigenvalue weighted by Crippen LogP contribution is 2.35. The van der Waals surface area contributed by atoms with E-state index < -0.39 is 0 Å². The summed E-state index contributed by atoms with van der Waals surface area (Å²) in [7, 11) is 2.18. The van der Waals surface area contributed by atoms with E-state index in [1.807, 2.05) is 0 Å². The molecule has 3 heteroatoms. The molecule has 0 amide bonds. The van der Waals surface area contributed by atoms with Gasteiger partial charge in [-0.1, -0.05) is 19.9 Å². The second-order valence-electron chi connectivity index (χ2n) is 6.94. The lowest BCUT2D eigenvalue weighted by Gasteiger charge is -2.48. The zero-order valence-corrected chi connectivity index (χ0v) is 14.1. The number of ether oxygens (including phenoxy) is 1. The molecule has 1 aliphatic rings. The third kappa shape index (κ3) is 3.41. The summed E-state index contributed by atoms with van der Waals surface area (Å²) in [5.74, 6) is 0.531.